The Kier molecular flexibility index (Phi) is 4.89. The van der Waals surface area contributed by atoms with Gasteiger partial charge in [-0.2, -0.15) is 8.78 Å². The van der Waals surface area contributed by atoms with E-state index in [1.165, 1.54) is 17.3 Å². The number of alkyl halides is 2. The van der Waals surface area contributed by atoms with Gasteiger partial charge < -0.3 is 4.57 Å². The molecule has 1 atom stereocenters. The SMILES string of the molecule is Cc1ccc(-c2nnc(SC(C)c3nc4ccccc4n3C(F)F)n2C)cc1. The Hall–Kier alpha value is -2.74. The third kappa shape index (κ3) is 3.28. The average Bonchev–Trinajstić information content (AvgIpc) is 3.24. The minimum atomic E-state index is -2.66. The summed E-state index contributed by atoms with van der Waals surface area (Å²) in [5, 5.41) is 8.86. The van der Waals surface area contributed by atoms with Crippen molar-refractivity contribution in [2.45, 2.75) is 30.8 Å². The Morgan fingerprint density at radius 3 is 2.43 bits per heavy atom. The van der Waals surface area contributed by atoms with E-state index in [0.29, 0.717) is 22.0 Å². The summed E-state index contributed by atoms with van der Waals surface area (Å²) in [6.45, 7) is 1.22. The molecule has 0 aliphatic heterocycles. The third-order valence-electron chi connectivity index (χ3n) is 4.61. The summed E-state index contributed by atoms with van der Waals surface area (Å²) in [7, 11) is 1.88. The number of hydrogen-bond donors (Lipinski definition) is 0. The molecule has 4 aromatic rings. The van der Waals surface area contributed by atoms with Crippen molar-refractivity contribution in [3.8, 4) is 11.4 Å². The number of benzene rings is 2. The molecule has 2 aromatic carbocycles. The monoisotopic (exact) mass is 399 g/mol. The van der Waals surface area contributed by atoms with E-state index in [2.05, 4.69) is 15.2 Å². The molecule has 4 rings (SSSR count). The van der Waals surface area contributed by atoms with Crippen molar-refractivity contribution in [2.75, 3.05) is 0 Å². The lowest BCUT2D eigenvalue weighted by atomic mass is 10.1. The van der Waals surface area contributed by atoms with Gasteiger partial charge in [-0.25, -0.2) is 4.98 Å². The first-order valence-corrected chi connectivity index (χ1v) is 9.71. The second-order valence-electron chi connectivity index (χ2n) is 6.60. The fourth-order valence-electron chi connectivity index (χ4n) is 3.14. The number of rotatable bonds is 5. The molecule has 2 heterocycles. The first-order valence-electron chi connectivity index (χ1n) is 8.84. The highest BCUT2D eigenvalue weighted by atomic mass is 32.2. The molecular weight excluding hydrogens is 380 g/mol. The van der Waals surface area contributed by atoms with E-state index >= 15 is 0 Å². The summed E-state index contributed by atoms with van der Waals surface area (Å²) < 4.78 is 30.3. The molecule has 1 unspecified atom stereocenters. The summed E-state index contributed by atoms with van der Waals surface area (Å²) in [6, 6.07) is 15.0. The van der Waals surface area contributed by atoms with Crippen LogP contribution in [0.4, 0.5) is 8.78 Å². The first kappa shape index (κ1) is 18.6. The molecule has 2 aromatic heterocycles. The van der Waals surface area contributed by atoms with E-state index in [1.54, 1.807) is 24.3 Å². The first-order chi connectivity index (χ1) is 13.5. The van der Waals surface area contributed by atoms with Crippen molar-refractivity contribution in [2.24, 2.45) is 7.05 Å². The number of aryl methyl sites for hydroxylation is 1. The maximum Gasteiger partial charge on any atom is 0.320 e. The fraction of sp³-hybridized carbons (Fsp3) is 0.250. The molecule has 28 heavy (non-hydrogen) atoms. The third-order valence-corrected chi connectivity index (χ3v) is 5.74. The van der Waals surface area contributed by atoms with Crippen molar-refractivity contribution in [3.05, 3.63) is 59.9 Å². The Morgan fingerprint density at radius 2 is 1.71 bits per heavy atom. The topological polar surface area (TPSA) is 48.5 Å². The zero-order valence-corrected chi connectivity index (χ0v) is 16.5. The zero-order chi connectivity index (χ0) is 19.8. The summed E-state index contributed by atoms with van der Waals surface area (Å²) in [6.07, 6.45) is 0. The number of fused-ring (bicyclic) bond motifs is 1. The second-order valence-corrected chi connectivity index (χ2v) is 7.91. The Morgan fingerprint density at radius 1 is 1.00 bits per heavy atom. The highest BCUT2D eigenvalue weighted by Gasteiger charge is 2.24. The molecule has 0 fully saturated rings. The van der Waals surface area contributed by atoms with Crippen LogP contribution < -0.4 is 0 Å². The molecule has 0 saturated carbocycles. The number of nitrogens with zero attached hydrogens (tertiary/aromatic N) is 5. The van der Waals surface area contributed by atoms with Crippen LogP contribution in [0.1, 0.15) is 30.1 Å². The predicted octanol–water partition coefficient (Wildman–Crippen LogP) is 5.39. The Balaban J connectivity index is 1.66. The summed E-state index contributed by atoms with van der Waals surface area (Å²) in [5.41, 5.74) is 3.11. The molecule has 0 aliphatic rings. The number of halogens is 2. The smallest absolute Gasteiger partial charge is 0.305 e. The molecule has 144 valence electrons. The van der Waals surface area contributed by atoms with Gasteiger partial charge in [0.2, 0.25) is 0 Å². The van der Waals surface area contributed by atoms with E-state index in [1.807, 2.05) is 49.7 Å². The number of aromatic nitrogens is 5. The van der Waals surface area contributed by atoms with Crippen LogP contribution in [0.5, 0.6) is 0 Å². The van der Waals surface area contributed by atoms with Gasteiger partial charge in [0, 0.05) is 12.6 Å². The molecular formula is C20H19F2N5S. The normalized spacial score (nSPS) is 12.8. The number of hydrogen-bond acceptors (Lipinski definition) is 4. The highest BCUT2D eigenvalue weighted by Crippen LogP contribution is 2.37. The van der Waals surface area contributed by atoms with Gasteiger partial charge in [-0.3, -0.25) is 4.57 Å². The molecule has 5 nitrogen and oxygen atoms in total. The zero-order valence-electron chi connectivity index (χ0n) is 15.7. The number of imidazole rings is 1. The van der Waals surface area contributed by atoms with Gasteiger partial charge in [0.25, 0.3) is 0 Å². The maximum atomic E-state index is 13.7. The van der Waals surface area contributed by atoms with Gasteiger partial charge in [0.05, 0.1) is 16.3 Å². The van der Waals surface area contributed by atoms with Gasteiger partial charge >= 0.3 is 6.55 Å². The summed E-state index contributed by atoms with van der Waals surface area (Å²) in [4.78, 5) is 4.44. The number of para-hydroxylation sites is 2. The van der Waals surface area contributed by atoms with Crippen LogP contribution >= 0.6 is 11.8 Å². The van der Waals surface area contributed by atoms with Crippen LogP contribution in [0.25, 0.3) is 22.4 Å². The average molecular weight is 399 g/mol. The van der Waals surface area contributed by atoms with Gasteiger partial charge in [-0.15, -0.1) is 10.2 Å². The van der Waals surface area contributed by atoms with E-state index in [0.717, 1.165) is 16.0 Å². The quantitative estimate of drug-likeness (QED) is 0.422. The molecule has 0 spiro atoms. The predicted molar refractivity (Wildman–Crippen MR) is 106 cm³/mol. The van der Waals surface area contributed by atoms with Crippen LogP contribution in [0.2, 0.25) is 0 Å². The van der Waals surface area contributed by atoms with Crippen molar-refractivity contribution < 1.29 is 8.78 Å². The highest BCUT2D eigenvalue weighted by molar-refractivity contribution is 7.99. The van der Waals surface area contributed by atoms with Crippen molar-refractivity contribution in [1.82, 2.24) is 24.3 Å². The van der Waals surface area contributed by atoms with Gasteiger partial charge in [-0.1, -0.05) is 53.7 Å². The molecule has 0 radical (unpaired) electrons. The van der Waals surface area contributed by atoms with Gasteiger partial charge in [-0.05, 0) is 26.0 Å². The van der Waals surface area contributed by atoms with Crippen LogP contribution in [0.15, 0.2) is 53.7 Å². The second kappa shape index (κ2) is 7.35. The lowest BCUT2D eigenvalue weighted by Crippen LogP contribution is -2.07. The molecule has 0 amide bonds. The number of thioether (sulfide) groups is 1. The van der Waals surface area contributed by atoms with Gasteiger partial charge in [0.15, 0.2) is 11.0 Å². The lowest BCUT2D eigenvalue weighted by Gasteiger charge is -2.13. The van der Waals surface area contributed by atoms with Gasteiger partial charge in [0.1, 0.15) is 5.82 Å². The van der Waals surface area contributed by atoms with E-state index in [-0.39, 0.29) is 5.25 Å². The minimum absolute atomic E-state index is 0.320. The summed E-state index contributed by atoms with van der Waals surface area (Å²) >= 11 is 1.36. The van der Waals surface area contributed by atoms with Crippen LogP contribution in [-0.2, 0) is 7.05 Å². The lowest BCUT2D eigenvalue weighted by molar-refractivity contribution is 0.0715. The largest absolute Gasteiger partial charge is 0.320 e. The van der Waals surface area contributed by atoms with E-state index < -0.39 is 6.55 Å². The van der Waals surface area contributed by atoms with Crippen LogP contribution in [-0.4, -0.2) is 24.3 Å². The van der Waals surface area contributed by atoms with E-state index in [9.17, 15) is 8.78 Å². The molecule has 0 aliphatic carbocycles. The van der Waals surface area contributed by atoms with E-state index in [4.69, 9.17) is 0 Å². The summed E-state index contributed by atoms with van der Waals surface area (Å²) in [5.74, 6) is 1.05. The van der Waals surface area contributed by atoms with Crippen LogP contribution in [0, 0.1) is 6.92 Å². The Bertz CT molecular complexity index is 1120. The standard InChI is InChI=1S/C20H19F2N5S/c1-12-8-10-14(11-9-12)18-24-25-20(26(18)3)28-13(2)17-23-15-6-4-5-7-16(15)27(17)19(21)22/h4-11,13,19H,1-3H3. The fourth-order valence-corrected chi connectivity index (χ4v) is 4.06. The van der Waals surface area contributed by atoms with Crippen molar-refractivity contribution in [3.63, 3.8) is 0 Å². The van der Waals surface area contributed by atoms with Crippen LogP contribution in [0.3, 0.4) is 0 Å². The molecule has 0 N–H and O–H groups in total. The van der Waals surface area contributed by atoms with Crippen molar-refractivity contribution in [1.29, 1.82) is 0 Å². The molecule has 0 bridgehead atoms. The molecule has 0 saturated heterocycles. The van der Waals surface area contributed by atoms with Crippen molar-refractivity contribution >= 4 is 22.8 Å². The Labute approximate surface area is 165 Å². The maximum absolute atomic E-state index is 13.7. The minimum Gasteiger partial charge on any atom is -0.305 e. The molecule has 8 heteroatoms.